The highest BCUT2D eigenvalue weighted by Crippen LogP contribution is 2.22. The number of benzene rings is 1. The molecule has 0 amide bonds. The molecule has 1 unspecified atom stereocenters. The summed E-state index contributed by atoms with van der Waals surface area (Å²) in [4.78, 5) is 2.38. The molecule has 1 aromatic rings. The maximum Gasteiger partial charge on any atom is 0.163 e. The Balaban J connectivity index is 2.75. The summed E-state index contributed by atoms with van der Waals surface area (Å²) in [6.07, 6.45) is 0.752. The minimum atomic E-state index is -0.782. The molecular weight excluding hydrogens is 270 g/mol. The number of nitrogens with one attached hydrogen (secondary N) is 1. The van der Waals surface area contributed by atoms with Crippen molar-refractivity contribution in [3.05, 3.63) is 35.4 Å². The van der Waals surface area contributed by atoms with E-state index in [4.69, 9.17) is 0 Å². The minimum Gasteiger partial charge on any atom is -0.313 e. The van der Waals surface area contributed by atoms with Crippen LogP contribution in [0.3, 0.4) is 0 Å². The van der Waals surface area contributed by atoms with Crippen molar-refractivity contribution in [2.75, 3.05) is 20.1 Å². The Morgan fingerprint density at radius 3 is 2.33 bits per heavy atom. The number of hydrogen-bond acceptors (Lipinski definition) is 2. The summed E-state index contributed by atoms with van der Waals surface area (Å²) in [5.41, 5.74) is 0.408. The average Bonchev–Trinajstić information content (AvgIpc) is 2.41. The van der Waals surface area contributed by atoms with E-state index in [-0.39, 0.29) is 6.04 Å². The summed E-state index contributed by atoms with van der Waals surface area (Å²) in [5, 5.41) is 3.10. The van der Waals surface area contributed by atoms with Crippen LogP contribution in [0.1, 0.15) is 45.7 Å². The molecule has 0 fully saturated rings. The lowest BCUT2D eigenvalue weighted by atomic mass is 10.0. The van der Waals surface area contributed by atoms with Crippen molar-refractivity contribution in [2.24, 2.45) is 5.92 Å². The predicted octanol–water partition coefficient (Wildman–Crippen LogP) is 3.98. The van der Waals surface area contributed by atoms with Gasteiger partial charge in [0.2, 0.25) is 0 Å². The maximum atomic E-state index is 13.9. The highest BCUT2D eigenvalue weighted by Gasteiger charge is 2.19. The van der Waals surface area contributed by atoms with Gasteiger partial charge in [0, 0.05) is 30.7 Å². The van der Waals surface area contributed by atoms with Crippen LogP contribution in [0.5, 0.6) is 0 Å². The van der Waals surface area contributed by atoms with E-state index in [2.05, 4.69) is 37.9 Å². The molecule has 4 heteroatoms. The quantitative estimate of drug-likeness (QED) is 0.781. The van der Waals surface area contributed by atoms with Gasteiger partial charge in [-0.1, -0.05) is 26.0 Å². The normalized spacial score (nSPS) is 13.4. The van der Waals surface area contributed by atoms with Crippen molar-refractivity contribution in [1.82, 2.24) is 10.2 Å². The van der Waals surface area contributed by atoms with Crippen molar-refractivity contribution in [1.29, 1.82) is 0 Å². The molecule has 1 atom stereocenters. The molecule has 0 spiro atoms. The summed E-state index contributed by atoms with van der Waals surface area (Å²) < 4.78 is 27.3. The Hall–Kier alpha value is -1.00. The first-order valence-electron chi connectivity index (χ1n) is 7.72. The van der Waals surface area contributed by atoms with Gasteiger partial charge in [-0.25, -0.2) is 8.78 Å². The van der Waals surface area contributed by atoms with E-state index in [1.807, 2.05) is 0 Å². The number of nitrogens with zero attached hydrogens (tertiary/aromatic N) is 1. The summed E-state index contributed by atoms with van der Waals surface area (Å²) >= 11 is 0. The lowest BCUT2D eigenvalue weighted by Gasteiger charge is -2.30. The molecule has 1 rings (SSSR count). The first kappa shape index (κ1) is 18.1. The smallest absolute Gasteiger partial charge is 0.163 e. The summed E-state index contributed by atoms with van der Waals surface area (Å²) in [6, 6.07) is 4.65. The van der Waals surface area contributed by atoms with E-state index in [0.717, 1.165) is 25.6 Å². The van der Waals surface area contributed by atoms with Crippen LogP contribution in [-0.4, -0.2) is 31.1 Å². The average molecular weight is 298 g/mol. The van der Waals surface area contributed by atoms with Gasteiger partial charge in [-0.2, -0.15) is 0 Å². The molecule has 2 nitrogen and oxygen atoms in total. The molecule has 21 heavy (non-hydrogen) atoms. The van der Waals surface area contributed by atoms with Crippen LogP contribution in [0.2, 0.25) is 0 Å². The fourth-order valence-corrected chi connectivity index (χ4v) is 2.57. The van der Waals surface area contributed by atoms with E-state index in [9.17, 15) is 8.78 Å². The van der Waals surface area contributed by atoms with Crippen LogP contribution < -0.4 is 5.32 Å². The molecule has 0 aromatic heterocycles. The van der Waals surface area contributed by atoms with Crippen molar-refractivity contribution >= 4 is 0 Å². The van der Waals surface area contributed by atoms with E-state index in [1.165, 1.54) is 0 Å². The fourth-order valence-electron chi connectivity index (χ4n) is 2.57. The molecule has 1 aromatic carbocycles. The van der Waals surface area contributed by atoms with Crippen LogP contribution in [0, 0.1) is 17.6 Å². The molecule has 0 heterocycles. The second-order valence-corrected chi connectivity index (χ2v) is 6.26. The second-order valence-electron chi connectivity index (χ2n) is 6.26. The summed E-state index contributed by atoms with van der Waals surface area (Å²) in [5.74, 6) is -0.932. The van der Waals surface area contributed by atoms with E-state index in [1.54, 1.807) is 19.2 Å². The lowest BCUT2D eigenvalue weighted by molar-refractivity contribution is 0.188. The van der Waals surface area contributed by atoms with Crippen molar-refractivity contribution in [2.45, 2.75) is 46.2 Å². The standard InChI is InChI=1S/C17H28F2N2/c1-12(2)11-21(13(3)4)10-9-16(20-5)14-7-6-8-15(18)17(14)19/h6-8,12-13,16,20H,9-11H2,1-5H3. The van der Waals surface area contributed by atoms with Crippen LogP contribution in [0.25, 0.3) is 0 Å². The zero-order chi connectivity index (χ0) is 16.0. The van der Waals surface area contributed by atoms with Gasteiger partial charge in [-0.15, -0.1) is 0 Å². The van der Waals surface area contributed by atoms with E-state index in [0.29, 0.717) is 17.5 Å². The van der Waals surface area contributed by atoms with Gasteiger partial charge in [-0.3, -0.25) is 0 Å². The molecule has 1 N–H and O–H groups in total. The third kappa shape index (κ3) is 5.36. The van der Waals surface area contributed by atoms with Gasteiger partial charge >= 0.3 is 0 Å². The third-order valence-electron chi connectivity index (χ3n) is 3.74. The zero-order valence-corrected chi connectivity index (χ0v) is 13.8. The largest absolute Gasteiger partial charge is 0.313 e. The van der Waals surface area contributed by atoms with E-state index >= 15 is 0 Å². The molecule has 0 saturated carbocycles. The van der Waals surface area contributed by atoms with Crippen LogP contribution in [0.4, 0.5) is 8.78 Å². The van der Waals surface area contributed by atoms with Crippen molar-refractivity contribution in [3.8, 4) is 0 Å². The Kier molecular flexibility index (Phi) is 7.26. The highest BCUT2D eigenvalue weighted by molar-refractivity contribution is 5.22. The van der Waals surface area contributed by atoms with E-state index < -0.39 is 11.6 Å². The number of halogens is 2. The third-order valence-corrected chi connectivity index (χ3v) is 3.74. The Morgan fingerprint density at radius 2 is 1.81 bits per heavy atom. The van der Waals surface area contributed by atoms with Crippen LogP contribution >= 0.6 is 0 Å². The molecule has 0 aliphatic carbocycles. The first-order chi connectivity index (χ1) is 9.86. The number of hydrogen-bond donors (Lipinski definition) is 1. The van der Waals surface area contributed by atoms with Crippen LogP contribution in [-0.2, 0) is 0 Å². The topological polar surface area (TPSA) is 15.3 Å². The van der Waals surface area contributed by atoms with Crippen molar-refractivity contribution < 1.29 is 8.78 Å². The summed E-state index contributed by atoms with van der Waals surface area (Å²) in [6.45, 7) is 10.6. The molecule has 0 saturated heterocycles. The summed E-state index contributed by atoms with van der Waals surface area (Å²) in [7, 11) is 1.79. The lowest BCUT2D eigenvalue weighted by Crippen LogP contribution is -2.36. The first-order valence-corrected chi connectivity index (χ1v) is 7.72. The van der Waals surface area contributed by atoms with Crippen LogP contribution in [0.15, 0.2) is 18.2 Å². The molecule has 120 valence electrons. The SMILES string of the molecule is CNC(CCN(CC(C)C)C(C)C)c1cccc(F)c1F. The van der Waals surface area contributed by atoms with Gasteiger partial charge in [0.1, 0.15) is 0 Å². The minimum absolute atomic E-state index is 0.172. The van der Waals surface area contributed by atoms with Crippen molar-refractivity contribution in [3.63, 3.8) is 0 Å². The molecule has 0 aliphatic heterocycles. The van der Waals surface area contributed by atoms with Gasteiger partial charge in [0.25, 0.3) is 0 Å². The monoisotopic (exact) mass is 298 g/mol. The van der Waals surface area contributed by atoms with Gasteiger partial charge < -0.3 is 10.2 Å². The molecular formula is C17H28F2N2. The molecule has 0 aliphatic rings. The Morgan fingerprint density at radius 1 is 1.14 bits per heavy atom. The Labute approximate surface area is 127 Å². The molecule has 0 bridgehead atoms. The molecule has 0 radical (unpaired) electrons. The maximum absolute atomic E-state index is 13.9. The fraction of sp³-hybridized carbons (Fsp3) is 0.647. The highest BCUT2D eigenvalue weighted by atomic mass is 19.2. The van der Waals surface area contributed by atoms with Gasteiger partial charge in [-0.05, 0) is 39.3 Å². The van der Waals surface area contributed by atoms with Gasteiger partial charge in [0.15, 0.2) is 11.6 Å². The predicted molar refractivity (Wildman–Crippen MR) is 84.3 cm³/mol. The second kappa shape index (κ2) is 8.44. The number of rotatable bonds is 8. The van der Waals surface area contributed by atoms with Gasteiger partial charge in [0.05, 0.1) is 0 Å². The zero-order valence-electron chi connectivity index (χ0n) is 13.8. The Bertz CT molecular complexity index is 433.